The third kappa shape index (κ3) is 5.16. The van der Waals surface area contributed by atoms with Crippen molar-refractivity contribution in [2.75, 3.05) is 10.0 Å². The second kappa shape index (κ2) is 8.68. The van der Waals surface area contributed by atoms with Gasteiger partial charge in [0.15, 0.2) is 0 Å². The van der Waals surface area contributed by atoms with Crippen LogP contribution in [-0.2, 0) is 16.4 Å². The first kappa shape index (κ1) is 20.9. The van der Waals surface area contributed by atoms with Gasteiger partial charge in [-0.25, -0.2) is 8.42 Å². The van der Waals surface area contributed by atoms with E-state index in [-0.39, 0.29) is 10.8 Å². The number of rotatable bonds is 6. The van der Waals surface area contributed by atoms with Crippen LogP contribution in [0.1, 0.15) is 28.4 Å². The molecule has 0 aliphatic carbocycles. The fraction of sp³-hybridized carbons (Fsp3) is 0.136. The van der Waals surface area contributed by atoms with Gasteiger partial charge in [0.05, 0.1) is 10.6 Å². The Morgan fingerprint density at radius 1 is 0.966 bits per heavy atom. The first-order chi connectivity index (χ1) is 13.8. The minimum Gasteiger partial charge on any atom is -0.322 e. The molecule has 0 radical (unpaired) electrons. The Labute approximate surface area is 175 Å². The minimum atomic E-state index is -3.80. The van der Waals surface area contributed by atoms with Crippen LogP contribution in [0.2, 0.25) is 5.02 Å². The molecule has 0 saturated carbocycles. The molecule has 0 heterocycles. The molecule has 1 amide bonds. The van der Waals surface area contributed by atoms with Gasteiger partial charge in [-0.05, 0) is 73.0 Å². The van der Waals surface area contributed by atoms with E-state index in [9.17, 15) is 13.2 Å². The highest BCUT2D eigenvalue weighted by atomic mass is 35.5. The fourth-order valence-corrected chi connectivity index (χ4v) is 3.97. The quantitative estimate of drug-likeness (QED) is 0.562. The van der Waals surface area contributed by atoms with E-state index in [1.807, 2.05) is 24.3 Å². The Morgan fingerprint density at radius 3 is 2.24 bits per heavy atom. The third-order valence-electron chi connectivity index (χ3n) is 4.49. The van der Waals surface area contributed by atoms with Crippen LogP contribution in [0.4, 0.5) is 11.4 Å². The van der Waals surface area contributed by atoms with Gasteiger partial charge in [-0.2, -0.15) is 0 Å². The number of hydrogen-bond donors (Lipinski definition) is 2. The summed E-state index contributed by atoms with van der Waals surface area (Å²) in [6.07, 6.45) is 0.920. The van der Waals surface area contributed by atoms with Gasteiger partial charge in [-0.15, -0.1) is 0 Å². The summed E-state index contributed by atoms with van der Waals surface area (Å²) >= 11 is 5.83. The summed E-state index contributed by atoms with van der Waals surface area (Å²) in [6.45, 7) is 3.83. The maximum atomic E-state index is 12.6. The van der Waals surface area contributed by atoms with E-state index < -0.39 is 10.0 Å². The summed E-state index contributed by atoms with van der Waals surface area (Å²) in [5, 5.41) is 3.28. The minimum absolute atomic E-state index is 0.0900. The fourth-order valence-electron chi connectivity index (χ4n) is 2.72. The van der Waals surface area contributed by atoms with E-state index in [1.165, 1.54) is 35.9 Å². The highest BCUT2D eigenvalue weighted by Gasteiger charge is 2.17. The third-order valence-corrected chi connectivity index (χ3v) is 6.12. The molecule has 0 aromatic heterocycles. The number of nitrogens with one attached hydrogen (secondary N) is 2. The molecule has 150 valence electrons. The number of carbonyl (C=O) groups excluding carboxylic acids is 1. The molecule has 29 heavy (non-hydrogen) atoms. The van der Waals surface area contributed by atoms with E-state index in [1.54, 1.807) is 19.1 Å². The summed E-state index contributed by atoms with van der Waals surface area (Å²) in [5.74, 6) is -0.318. The largest absolute Gasteiger partial charge is 0.322 e. The van der Waals surface area contributed by atoms with E-state index in [0.717, 1.165) is 6.42 Å². The summed E-state index contributed by atoms with van der Waals surface area (Å²) in [6, 6.07) is 18.4. The van der Waals surface area contributed by atoms with Gasteiger partial charge in [0, 0.05) is 16.3 Å². The monoisotopic (exact) mass is 428 g/mol. The van der Waals surface area contributed by atoms with Crippen LogP contribution in [0.25, 0.3) is 0 Å². The standard InChI is InChI=1S/C22H21ClN2O3S/c1-3-16-5-10-19(11-6-16)24-22(26)17-7-4-15(2)21(14-17)25-29(27,28)20-12-8-18(23)9-13-20/h4-14,25H,3H2,1-2H3,(H,24,26). The Bertz CT molecular complexity index is 1130. The Kier molecular flexibility index (Phi) is 6.25. The van der Waals surface area contributed by atoms with Crippen LogP contribution in [0.3, 0.4) is 0 Å². The molecular formula is C22H21ClN2O3S. The Hall–Kier alpha value is -2.83. The summed E-state index contributed by atoms with van der Waals surface area (Å²) < 4.78 is 27.8. The molecule has 0 aliphatic heterocycles. The Balaban J connectivity index is 1.81. The van der Waals surface area contributed by atoms with Crippen molar-refractivity contribution >= 4 is 38.9 Å². The molecule has 2 N–H and O–H groups in total. The number of aryl methyl sites for hydroxylation is 2. The van der Waals surface area contributed by atoms with Gasteiger partial charge >= 0.3 is 0 Å². The molecule has 0 atom stereocenters. The predicted octanol–water partition coefficient (Wildman–Crippen LogP) is 5.26. The van der Waals surface area contributed by atoms with Crippen molar-refractivity contribution in [1.29, 1.82) is 0 Å². The first-order valence-corrected chi connectivity index (χ1v) is 10.9. The number of benzene rings is 3. The van der Waals surface area contributed by atoms with Gasteiger partial charge in [-0.3, -0.25) is 9.52 Å². The van der Waals surface area contributed by atoms with E-state index in [2.05, 4.69) is 17.0 Å². The second-order valence-electron chi connectivity index (χ2n) is 6.59. The first-order valence-electron chi connectivity index (χ1n) is 9.08. The molecule has 0 aliphatic rings. The highest BCUT2D eigenvalue weighted by molar-refractivity contribution is 7.92. The number of anilines is 2. The van der Waals surface area contributed by atoms with Gasteiger partial charge in [0.2, 0.25) is 0 Å². The smallest absolute Gasteiger partial charge is 0.261 e. The van der Waals surface area contributed by atoms with Gasteiger partial charge < -0.3 is 5.32 Å². The van der Waals surface area contributed by atoms with Crippen molar-refractivity contribution in [3.8, 4) is 0 Å². The molecule has 0 fully saturated rings. The molecule has 7 heteroatoms. The molecule has 0 unspecified atom stereocenters. The van der Waals surface area contributed by atoms with Crippen LogP contribution >= 0.6 is 11.6 Å². The number of hydrogen-bond acceptors (Lipinski definition) is 3. The van der Waals surface area contributed by atoms with Crippen molar-refractivity contribution < 1.29 is 13.2 Å². The predicted molar refractivity (Wildman–Crippen MR) is 117 cm³/mol. The van der Waals surface area contributed by atoms with Crippen molar-refractivity contribution in [2.45, 2.75) is 25.2 Å². The lowest BCUT2D eigenvalue weighted by Crippen LogP contribution is -2.16. The molecule has 3 aromatic carbocycles. The van der Waals surface area contributed by atoms with Crippen molar-refractivity contribution in [2.24, 2.45) is 0 Å². The van der Waals surface area contributed by atoms with Crippen LogP contribution in [0.5, 0.6) is 0 Å². The van der Waals surface area contributed by atoms with Gasteiger partial charge in [0.25, 0.3) is 15.9 Å². The molecule has 3 rings (SSSR count). The highest BCUT2D eigenvalue weighted by Crippen LogP contribution is 2.23. The zero-order valence-electron chi connectivity index (χ0n) is 16.1. The van der Waals surface area contributed by atoms with Crippen molar-refractivity contribution in [3.63, 3.8) is 0 Å². The lowest BCUT2D eigenvalue weighted by atomic mass is 10.1. The molecule has 0 bridgehead atoms. The van der Waals surface area contributed by atoms with Crippen LogP contribution in [0, 0.1) is 6.92 Å². The lowest BCUT2D eigenvalue weighted by Gasteiger charge is -2.13. The van der Waals surface area contributed by atoms with E-state index in [4.69, 9.17) is 11.6 Å². The molecular weight excluding hydrogens is 408 g/mol. The number of amides is 1. The Morgan fingerprint density at radius 2 is 1.62 bits per heavy atom. The normalized spacial score (nSPS) is 11.1. The maximum absolute atomic E-state index is 12.6. The van der Waals surface area contributed by atoms with Gasteiger partial charge in [-0.1, -0.05) is 36.7 Å². The average molecular weight is 429 g/mol. The van der Waals surface area contributed by atoms with Crippen LogP contribution < -0.4 is 10.0 Å². The molecule has 0 saturated heterocycles. The zero-order chi connectivity index (χ0) is 21.0. The van der Waals surface area contributed by atoms with Crippen LogP contribution in [-0.4, -0.2) is 14.3 Å². The number of halogens is 1. The average Bonchev–Trinajstić information content (AvgIpc) is 2.70. The molecule has 0 spiro atoms. The summed E-state index contributed by atoms with van der Waals surface area (Å²) in [5.41, 5.74) is 3.25. The second-order valence-corrected chi connectivity index (χ2v) is 8.71. The number of sulfonamides is 1. The van der Waals surface area contributed by atoms with Gasteiger partial charge in [0.1, 0.15) is 0 Å². The maximum Gasteiger partial charge on any atom is 0.261 e. The van der Waals surface area contributed by atoms with Crippen LogP contribution in [0.15, 0.2) is 71.6 Å². The van der Waals surface area contributed by atoms with Crippen molar-refractivity contribution in [3.05, 3.63) is 88.4 Å². The summed E-state index contributed by atoms with van der Waals surface area (Å²) in [7, 11) is -3.80. The number of carbonyl (C=O) groups is 1. The van der Waals surface area contributed by atoms with E-state index >= 15 is 0 Å². The SMILES string of the molecule is CCc1ccc(NC(=O)c2ccc(C)c(NS(=O)(=O)c3ccc(Cl)cc3)c2)cc1. The lowest BCUT2D eigenvalue weighted by molar-refractivity contribution is 0.102. The van der Waals surface area contributed by atoms with E-state index in [0.29, 0.717) is 27.5 Å². The summed E-state index contributed by atoms with van der Waals surface area (Å²) in [4.78, 5) is 12.7. The molecule has 5 nitrogen and oxygen atoms in total. The zero-order valence-corrected chi connectivity index (χ0v) is 17.6. The van der Waals surface area contributed by atoms with Crippen molar-refractivity contribution in [1.82, 2.24) is 0 Å². The topological polar surface area (TPSA) is 75.3 Å². The molecule has 3 aromatic rings.